The van der Waals surface area contributed by atoms with Gasteiger partial charge >= 0.3 is 0 Å². The summed E-state index contributed by atoms with van der Waals surface area (Å²) in [5.41, 5.74) is 1.90. The molecule has 2 amide bonds. The first-order valence-corrected chi connectivity index (χ1v) is 9.07. The zero-order chi connectivity index (χ0) is 18.1. The molecule has 0 aromatic heterocycles. The minimum absolute atomic E-state index is 0.0767. The molecule has 0 saturated carbocycles. The molecule has 5 heteroatoms. The van der Waals surface area contributed by atoms with Gasteiger partial charge in [-0.3, -0.25) is 19.3 Å². The molecule has 0 radical (unpaired) electrons. The summed E-state index contributed by atoms with van der Waals surface area (Å²) in [6.45, 7) is 2.41. The van der Waals surface area contributed by atoms with Crippen LogP contribution in [-0.4, -0.2) is 29.4 Å². The summed E-state index contributed by atoms with van der Waals surface area (Å²) in [6.07, 6.45) is 0.873. The smallest absolute Gasteiger partial charge is 0.237 e. The molecule has 2 aromatic carbocycles. The summed E-state index contributed by atoms with van der Waals surface area (Å²) in [4.78, 5) is 32.9. The maximum absolute atomic E-state index is 13.2. The van der Waals surface area contributed by atoms with Gasteiger partial charge in [-0.25, -0.2) is 5.06 Å². The van der Waals surface area contributed by atoms with Crippen LogP contribution >= 0.6 is 0 Å². The number of anilines is 1. The molecule has 3 atom stereocenters. The van der Waals surface area contributed by atoms with Gasteiger partial charge in [-0.05, 0) is 31.0 Å². The molecule has 2 saturated heterocycles. The van der Waals surface area contributed by atoms with E-state index in [1.807, 2.05) is 72.7 Å². The number of benzene rings is 2. The maximum Gasteiger partial charge on any atom is 0.237 e. The van der Waals surface area contributed by atoms with E-state index in [0.717, 1.165) is 17.7 Å². The lowest BCUT2D eigenvalue weighted by atomic mass is 9.88. The number of amides is 2. The van der Waals surface area contributed by atoms with Crippen molar-refractivity contribution in [2.45, 2.75) is 31.9 Å². The molecule has 2 fully saturated rings. The third kappa shape index (κ3) is 2.88. The number of hydrogen-bond donors (Lipinski definition) is 0. The molecule has 2 aliphatic rings. The van der Waals surface area contributed by atoms with Gasteiger partial charge in [0.2, 0.25) is 11.8 Å². The number of para-hydroxylation sites is 1. The summed E-state index contributed by atoms with van der Waals surface area (Å²) >= 11 is 0. The maximum atomic E-state index is 13.2. The summed E-state index contributed by atoms with van der Waals surface area (Å²) in [5.74, 6) is -0.640. The predicted molar refractivity (Wildman–Crippen MR) is 98.1 cm³/mol. The van der Waals surface area contributed by atoms with Gasteiger partial charge in [-0.1, -0.05) is 48.5 Å². The van der Waals surface area contributed by atoms with Crippen molar-refractivity contribution in [1.29, 1.82) is 0 Å². The fourth-order valence-corrected chi connectivity index (χ4v) is 3.90. The monoisotopic (exact) mass is 350 g/mol. The van der Waals surface area contributed by atoms with Gasteiger partial charge in [-0.2, -0.15) is 0 Å². The number of carbonyl (C=O) groups is 2. The number of hydrogen-bond acceptors (Lipinski definition) is 4. The second-order valence-corrected chi connectivity index (χ2v) is 6.84. The van der Waals surface area contributed by atoms with E-state index in [-0.39, 0.29) is 24.0 Å². The summed E-state index contributed by atoms with van der Waals surface area (Å²) in [6, 6.07) is 19.4. The zero-order valence-electron chi connectivity index (χ0n) is 14.7. The number of imide groups is 1. The van der Waals surface area contributed by atoms with E-state index in [9.17, 15) is 9.59 Å². The van der Waals surface area contributed by atoms with Crippen LogP contribution < -0.4 is 5.06 Å². The Bertz CT molecular complexity index is 793. The van der Waals surface area contributed by atoms with Crippen LogP contribution in [0.15, 0.2) is 60.7 Å². The Morgan fingerprint density at radius 2 is 1.69 bits per heavy atom. The van der Waals surface area contributed by atoms with E-state index >= 15 is 0 Å². The molecule has 4 rings (SSSR count). The molecule has 134 valence electrons. The first-order chi connectivity index (χ1) is 12.7. The van der Waals surface area contributed by atoms with Gasteiger partial charge in [0.05, 0.1) is 23.8 Å². The Morgan fingerprint density at radius 3 is 2.31 bits per heavy atom. The summed E-state index contributed by atoms with van der Waals surface area (Å²) in [7, 11) is 0. The Balaban J connectivity index is 1.74. The highest BCUT2D eigenvalue weighted by Gasteiger charge is 2.49. The van der Waals surface area contributed by atoms with Crippen LogP contribution in [0.1, 0.15) is 31.4 Å². The van der Waals surface area contributed by atoms with Crippen molar-refractivity contribution in [1.82, 2.24) is 4.90 Å². The number of hydroxylamine groups is 1. The minimum atomic E-state index is -0.431. The Morgan fingerprint density at radius 1 is 1.04 bits per heavy atom. The lowest BCUT2D eigenvalue weighted by Gasteiger charge is -2.28. The molecule has 0 aliphatic carbocycles. The van der Waals surface area contributed by atoms with E-state index in [4.69, 9.17) is 4.84 Å². The van der Waals surface area contributed by atoms with Crippen molar-refractivity contribution in [2.24, 2.45) is 5.92 Å². The second-order valence-electron chi connectivity index (χ2n) is 6.84. The minimum Gasteiger partial charge on any atom is -0.282 e. The predicted octanol–water partition coefficient (Wildman–Crippen LogP) is 3.33. The average molecular weight is 350 g/mol. The largest absolute Gasteiger partial charge is 0.282 e. The van der Waals surface area contributed by atoms with Gasteiger partial charge in [-0.15, -0.1) is 0 Å². The Labute approximate surface area is 153 Å². The normalized spacial score (nSPS) is 25.7. The van der Waals surface area contributed by atoms with Crippen LogP contribution in [-0.2, 0) is 14.4 Å². The van der Waals surface area contributed by atoms with Crippen molar-refractivity contribution in [3.05, 3.63) is 66.2 Å². The van der Waals surface area contributed by atoms with Crippen molar-refractivity contribution in [3.63, 3.8) is 0 Å². The van der Waals surface area contributed by atoms with Gasteiger partial charge < -0.3 is 0 Å². The molecule has 2 aliphatic heterocycles. The highest BCUT2D eigenvalue weighted by atomic mass is 16.7. The van der Waals surface area contributed by atoms with E-state index in [1.165, 1.54) is 4.90 Å². The third-order valence-corrected chi connectivity index (χ3v) is 5.15. The SMILES string of the molecule is C[C@@H]1ON(c2ccccc2)[C@H](c2ccccc2)[C@H]1C(=O)N1CCCC1=O. The van der Waals surface area contributed by atoms with Gasteiger partial charge in [0.25, 0.3) is 0 Å². The fraction of sp³-hybridized carbons (Fsp3) is 0.333. The highest BCUT2D eigenvalue weighted by Crippen LogP contribution is 2.43. The van der Waals surface area contributed by atoms with E-state index < -0.39 is 5.92 Å². The van der Waals surface area contributed by atoms with Crippen LogP contribution in [0.2, 0.25) is 0 Å². The molecule has 0 bridgehead atoms. The topological polar surface area (TPSA) is 49.9 Å². The van der Waals surface area contributed by atoms with E-state index in [1.54, 1.807) is 0 Å². The van der Waals surface area contributed by atoms with Gasteiger partial charge in [0.1, 0.15) is 0 Å². The van der Waals surface area contributed by atoms with Crippen molar-refractivity contribution >= 4 is 17.5 Å². The molecular weight excluding hydrogens is 328 g/mol. The number of nitrogens with zero attached hydrogens (tertiary/aromatic N) is 2. The summed E-state index contributed by atoms with van der Waals surface area (Å²) < 4.78 is 0. The quantitative estimate of drug-likeness (QED) is 0.797. The molecule has 26 heavy (non-hydrogen) atoms. The molecule has 0 spiro atoms. The molecule has 5 nitrogen and oxygen atoms in total. The first kappa shape index (κ1) is 16.8. The van der Waals surface area contributed by atoms with Gasteiger partial charge in [0.15, 0.2) is 0 Å². The zero-order valence-corrected chi connectivity index (χ0v) is 14.7. The Kier molecular flexibility index (Phi) is 4.47. The van der Waals surface area contributed by atoms with Crippen LogP contribution in [0.5, 0.6) is 0 Å². The van der Waals surface area contributed by atoms with Crippen LogP contribution in [0.4, 0.5) is 5.69 Å². The number of rotatable bonds is 3. The summed E-state index contributed by atoms with van der Waals surface area (Å²) in [5, 5.41) is 1.82. The fourth-order valence-electron chi connectivity index (χ4n) is 3.90. The number of carbonyl (C=O) groups excluding carboxylic acids is 2. The standard InChI is InChI=1S/C21H22N2O3/c1-15-19(21(25)22-14-8-13-18(22)24)20(16-9-4-2-5-10-16)23(26-15)17-11-6-3-7-12-17/h2-7,9-12,15,19-20H,8,13-14H2,1H3/t15-,19-,20+/m0/s1. The molecule has 0 N–H and O–H groups in total. The van der Waals surface area contributed by atoms with Crippen molar-refractivity contribution in [2.75, 3.05) is 11.6 Å². The molecule has 2 aromatic rings. The second kappa shape index (κ2) is 6.92. The average Bonchev–Trinajstić information content (AvgIpc) is 3.26. The van der Waals surface area contributed by atoms with Crippen LogP contribution in [0, 0.1) is 5.92 Å². The highest BCUT2D eigenvalue weighted by molar-refractivity contribution is 5.98. The molecule has 2 heterocycles. The third-order valence-electron chi connectivity index (χ3n) is 5.15. The van der Waals surface area contributed by atoms with Gasteiger partial charge in [0, 0.05) is 13.0 Å². The Hall–Kier alpha value is -2.66. The van der Waals surface area contributed by atoms with E-state index in [2.05, 4.69) is 0 Å². The van der Waals surface area contributed by atoms with Crippen molar-refractivity contribution in [3.8, 4) is 0 Å². The van der Waals surface area contributed by atoms with Crippen LogP contribution in [0.25, 0.3) is 0 Å². The molecular formula is C21H22N2O3. The lowest BCUT2D eigenvalue weighted by Crippen LogP contribution is -2.42. The molecule has 0 unspecified atom stereocenters. The first-order valence-electron chi connectivity index (χ1n) is 9.07. The van der Waals surface area contributed by atoms with E-state index in [0.29, 0.717) is 13.0 Å². The number of likely N-dealkylation sites (tertiary alicyclic amines) is 1. The van der Waals surface area contributed by atoms with Crippen molar-refractivity contribution < 1.29 is 14.4 Å². The lowest BCUT2D eigenvalue weighted by molar-refractivity contribution is -0.145. The van der Waals surface area contributed by atoms with Crippen LogP contribution in [0.3, 0.4) is 0 Å².